The number of aromatic nitrogens is 1. The molecule has 1 aromatic heterocycles. The molecular formula is C13H12BrN3O2. The van der Waals surface area contributed by atoms with Crippen molar-refractivity contribution in [3.63, 3.8) is 0 Å². The smallest absolute Gasteiger partial charge is 0.259 e. The number of rotatable bonds is 3. The lowest BCUT2D eigenvalue weighted by molar-refractivity contribution is 0.102. The maximum atomic E-state index is 12.1. The lowest BCUT2D eigenvalue weighted by atomic mass is 10.1. The number of ether oxygens (including phenoxy) is 1. The first-order valence-corrected chi connectivity index (χ1v) is 6.27. The Labute approximate surface area is 118 Å². The van der Waals surface area contributed by atoms with E-state index in [0.717, 1.165) is 0 Å². The number of anilines is 2. The molecule has 0 atom stereocenters. The molecule has 98 valence electrons. The molecular weight excluding hydrogens is 310 g/mol. The van der Waals surface area contributed by atoms with Gasteiger partial charge in [0.15, 0.2) is 0 Å². The first-order valence-electron chi connectivity index (χ1n) is 5.48. The highest BCUT2D eigenvalue weighted by Crippen LogP contribution is 2.26. The molecule has 0 saturated heterocycles. The summed E-state index contributed by atoms with van der Waals surface area (Å²) >= 11 is 3.31. The Kier molecular flexibility index (Phi) is 4.01. The second kappa shape index (κ2) is 5.71. The molecule has 0 aliphatic rings. The zero-order valence-electron chi connectivity index (χ0n) is 10.2. The van der Waals surface area contributed by atoms with E-state index in [2.05, 4.69) is 26.2 Å². The van der Waals surface area contributed by atoms with Crippen LogP contribution in [0.1, 0.15) is 10.4 Å². The van der Waals surface area contributed by atoms with E-state index in [1.807, 2.05) is 0 Å². The van der Waals surface area contributed by atoms with Gasteiger partial charge in [-0.15, -0.1) is 0 Å². The van der Waals surface area contributed by atoms with Gasteiger partial charge in [-0.3, -0.25) is 4.79 Å². The van der Waals surface area contributed by atoms with Crippen molar-refractivity contribution in [3.05, 3.63) is 46.6 Å². The monoisotopic (exact) mass is 321 g/mol. The van der Waals surface area contributed by atoms with Crippen molar-refractivity contribution in [3.8, 4) is 5.75 Å². The summed E-state index contributed by atoms with van der Waals surface area (Å²) < 4.78 is 5.78. The molecule has 2 aromatic rings. The number of nitrogens with two attached hydrogens (primary N) is 1. The topological polar surface area (TPSA) is 77.2 Å². The van der Waals surface area contributed by atoms with Gasteiger partial charge in [-0.2, -0.15) is 0 Å². The molecule has 2 rings (SSSR count). The molecule has 1 amide bonds. The van der Waals surface area contributed by atoms with Crippen molar-refractivity contribution in [2.75, 3.05) is 18.2 Å². The summed E-state index contributed by atoms with van der Waals surface area (Å²) in [7, 11) is 1.50. The van der Waals surface area contributed by atoms with Crippen molar-refractivity contribution < 1.29 is 9.53 Å². The van der Waals surface area contributed by atoms with Crippen molar-refractivity contribution >= 4 is 33.3 Å². The van der Waals surface area contributed by atoms with Crippen LogP contribution in [0.3, 0.4) is 0 Å². The highest BCUT2D eigenvalue weighted by Gasteiger charge is 2.14. The van der Waals surface area contributed by atoms with E-state index in [0.29, 0.717) is 27.3 Å². The largest absolute Gasteiger partial charge is 0.495 e. The fourth-order valence-electron chi connectivity index (χ4n) is 1.57. The molecule has 0 saturated carbocycles. The number of nitrogens with one attached hydrogen (secondary N) is 1. The van der Waals surface area contributed by atoms with E-state index in [9.17, 15) is 4.79 Å². The number of benzene rings is 1. The van der Waals surface area contributed by atoms with E-state index in [-0.39, 0.29) is 5.91 Å². The van der Waals surface area contributed by atoms with Crippen LogP contribution in [0, 0.1) is 0 Å². The van der Waals surface area contributed by atoms with Gasteiger partial charge in [0.25, 0.3) is 5.91 Å². The van der Waals surface area contributed by atoms with E-state index < -0.39 is 0 Å². The van der Waals surface area contributed by atoms with E-state index in [1.165, 1.54) is 7.11 Å². The number of amides is 1. The number of nitrogen functional groups attached to an aromatic ring is 1. The van der Waals surface area contributed by atoms with E-state index >= 15 is 0 Å². The predicted molar refractivity (Wildman–Crippen MR) is 77.3 cm³/mol. The molecule has 1 aromatic carbocycles. The van der Waals surface area contributed by atoms with Gasteiger partial charge in [-0.25, -0.2) is 4.98 Å². The number of carbonyl (C=O) groups is 1. The number of halogens is 1. The summed E-state index contributed by atoms with van der Waals surface area (Å²) in [4.78, 5) is 16.2. The maximum Gasteiger partial charge on any atom is 0.259 e. The quantitative estimate of drug-likeness (QED) is 0.852. The van der Waals surface area contributed by atoms with Crippen LogP contribution in [-0.2, 0) is 0 Å². The summed E-state index contributed by atoms with van der Waals surface area (Å²) in [6.45, 7) is 0. The standard InChI is InChI=1S/C13H12BrN3O2/c1-19-10-6-2-4-8(11(10)15)13(18)17-12-9(14)5-3-7-16-12/h2-7H,15H2,1H3,(H,16,17,18). The Bertz CT molecular complexity index is 617. The zero-order valence-corrected chi connectivity index (χ0v) is 11.8. The van der Waals surface area contributed by atoms with Gasteiger partial charge < -0.3 is 15.8 Å². The summed E-state index contributed by atoms with van der Waals surface area (Å²) in [5.74, 6) is 0.568. The molecule has 5 nitrogen and oxygen atoms in total. The number of nitrogens with zero attached hydrogens (tertiary/aromatic N) is 1. The van der Waals surface area contributed by atoms with Crippen LogP contribution in [0.25, 0.3) is 0 Å². The average Bonchev–Trinajstić information content (AvgIpc) is 2.41. The van der Waals surface area contributed by atoms with Crippen LogP contribution in [0.15, 0.2) is 41.0 Å². The summed E-state index contributed by atoms with van der Waals surface area (Å²) in [5, 5.41) is 2.69. The molecule has 0 radical (unpaired) electrons. The first-order chi connectivity index (χ1) is 9.13. The van der Waals surface area contributed by atoms with E-state index in [1.54, 1.807) is 36.5 Å². The lowest BCUT2D eigenvalue weighted by Gasteiger charge is -2.10. The highest BCUT2D eigenvalue weighted by atomic mass is 79.9. The molecule has 3 N–H and O–H groups in total. The molecule has 1 heterocycles. The van der Waals surface area contributed by atoms with Crippen molar-refractivity contribution in [1.29, 1.82) is 0 Å². The van der Waals surface area contributed by atoms with Gasteiger partial charge in [-0.05, 0) is 40.2 Å². The normalized spacial score (nSPS) is 10.0. The molecule has 6 heteroatoms. The molecule has 0 bridgehead atoms. The van der Waals surface area contributed by atoms with Gasteiger partial charge in [0.05, 0.1) is 22.8 Å². The predicted octanol–water partition coefficient (Wildman–Crippen LogP) is 2.69. The van der Waals surface area contributed by atoms with Gasteiger partial charge >= 0.3 is 0 Å². The maximum absolute atomic E-state index is 12.1. The van der Waals surface area contributed by atoms with Crippen LogP contribution in [0.5, 0.6) is 5.75 Å². The number of carbonyl (C=O) groups excluding carboxylic acids is 1. The zero-order chi connectivity index (χ0) is 13.8. The Hall–Kier alpha value is -2.08. The lowest BCUT2D eigenvalue weighted by Crippen LogP contribution is -2.15. The summed E-state index contributed by atoms with van der Waals surface area (Å²) in [6, 6.07) is 8.58. The minimum absolute atomic E-state index is 0.301. The Morgan fingerprint density at radius 3 is 2.84 bits per heavy atom. The van der Waals surface area contributed by atoms with Crippen LogP contribution >= 0.6 is 15.9 Å². The van der Waals surface area contributed by atoms with Gasteiger partial charge in [-0.1, -0.05) is 6.07 Å². The number of para-hydroxylation sites is 1. The Morgan fingerprint density at radius 1 is 1.37 bits per heavy atom. The van der Waals surface area contributed by atoms with Crippen LogP contribution in [0.4, 0.5) is 11.5 Å². The number of methoxy groups -OCH3 is 1. The molecule has 0 unspecified atom stereocenters. The molecule has 19 heavy (non-hydrogen) atoms. The molecule has 0 spiro atoms. The third-order valence-corrected chi connectivity index (χ3v) is 3.16. The molecule has 0 aliphatic heterocycles. The minimum atomic E-state index is -0.337. The third kappa shape index (κ3) is 2.85. The van der Waals surface area contributed by atoms with Gasteiger partial charge in [0, 0.05) is 6.20 Å². The fourth-order valence-corrected chi connectivity index (χ4v) is 1.93. The number of hydrogen-bond donors (Lipinski definition) is 2. The summed E-state index contributed by atoms with van der Waals surface area (Å²) in [6.07, 6.45) is 1.59. The van der Waals surface area contributed by atoms with Crippen LogP contribution in [-0.4, -0.2) is 18.0 Å². The third-order valence-electron chi connectivity index (χ3n) is 2.52. The summed E-state index contributed by atoms with van der Waals surface area (Å²) in [5.41, 5.74) is 6.51. The van der Waals surface area contributed by atoms with Gasteiger partial charge in [0.1, 0.15) is 11.6 Å². The number of hydrogen-bond acceptors (Lipinski definition) is 4. The van der Waals surface area contributed by atoms with Crippen molar-refractivity contribution in [2.45, 2.75) is 0 Å². The average molecular weight is 322 g/mol. The molecule has 0 fully saturated rings. The Balaban J connectivity index is 2.28. The molecule has 0 aliphatic carbocycles. The highest BCUT2D eigenvalue weighted by molar-refractivity contribution is 9.10. The van der Waals surface area contributed by atoms with Crippen molar-refractivity contribution in [1.82, 2.24) is 4.98 Å². The second-order valence-corrected chi connectivity index (χ2v) is 4.56. The van der Waals surface area contributed by atoms with E-state index in [4.69, 9.17) is 10.5 Å². The van der Waals surface area contributed by atoms with Crippen molar-refractivity contribution in [2.24, 2.45) is 0 Å². The fraction of sp³-hybridized carbons (Fsp3) is 0.0769. The second-order valence-electron chi connectivity index (χ2n) is 3.71. The Morgan fingerprint density at radius 2 is 2.16 bits per heavy atom. The number of pyridine rings is 1. The SMILES string of the molecule is COc1cccc(C(=O)Nc2ncccc2Br)c1N. The van der Waals surface area contributed by atoms with Crippen LogP contribution < -0.4 is 15.8 Å². The minimum Gasteiger partial charge on any atom is -0.495 e. The van der Waals surface area contributed by atoms with Crippen LogP contribution in [0.2, 0.25) is 0 Å². The van der Waals surface area contributed by atoms with Gasteiger partial charge in [0.2, 0.25) is 0 Å². The first kappa shape index (κ1) is 13.4.